The van der Waals surface area contributed by atoms with E-state index in [4.69, 9.17) is 4.74 Å². The van der Waals surface area contributed by atoms with Crippen molar-refractivity contribution in [2.45, 2.75) is 46.6 Å². The van der Waals surface area contributed by atoms with Crippen LogP contribution in [0.4, 0.5) is 0 Å². The molecule has 4 heteroatoms. The topological polar surface area (TPSA) is 50.4 Å². The molecule has 118 valence electrons. The van der Waals surface area contributed by atoms with Crippen molar-refractivity contribution < 1.29 is 9.53 Å². The van der Waals surface area contributed by atoms with Gasteiger partial charge in [-0.05, 0) is 49.6 Å². The molecule has 21 heavy (non-hydrogen) atoms. The monoisotopic (exact) mass is 292 g/mol. The minimum absolute atomic E-state index is 0.0847. The van der Waals surface area contributed by atoms with Crippen molar-refractivity contribution in [2.24, 2.45) is 0 Å². The van der Waals surface area contributed by atoms with Crippen molar-refractivity contribution in [3.63, 3.8) is 0 Å². The van der Waals surface area contributed by atoms with Crippen molar-refractivity contribution in [3.05, 3.63) is 29.3 Å². The molecular formula is C17H28N2O2. The Morgan fingerprint density at radius 1 is 1.24 bits per heavy atom. The van der Waals surface area contributed by atoms with E-state index in [1.54, 1.807) is 6.92 Å². The molecular weight excluding hydrogens is 264 g/mol. The highest BCUT2D eigenvalue weighted by molar-refractivity contribution is 5.80. The number of hydrogen-bond acceptors (Lipinski definition) is 3. The second-order valence-corrected chi connectivity index (χ2v) is 5.58. The van der Waals surface area contributed by atoms with Crippen LogP contribution in [-0.2, 0) is 4.79 Å². The number of hydrogen-bond donors (Lipinski definition) is 2. The lowest BCUT2D eigenvalue weighted by atomic mass is 9.98. The van der Waals surface area contributed by atoms with E-state index < -0.39 is 6.10 Å². The first-order valence-corrected chi connectivity index (χ1v) is 7.71. The largest absolute Gasteiger partial charge is 0.481 e. The van der Waals surface area contributed by atoms with Crippen LogP contribution in [0.15, 0.2) is 18.2 Å². The Hall–Kier alpha value is -1.55. The highest BCUT2D eigenvalue weighted by Crippen LogP contribution is 2.24. The van der Waals surface area contributed by atoms with Gasteiger partial charge in [0, 0.05) is 13.1 Å². The third-order valence-electron chi connectivity index (χ3n) is 3.40. The molecule has 1 amide bonds. The fraction of sp³-hybridized carbons (Fsp3) is 0.588. The summed E-state index contributed by atoms with van der Waals surface area (Å²) in [6.45, 7) is 12.5. The minimum atomic E-state index is -0.490. The maximum atomic E-state index is 11.9. The first-order chi connectivity index (χ1) is 9.95. The van der Waals surface area contributed by atoms with Crippen LogP contribution in [-0.4, -0.2) is 31.6 Å². The molecule has 0 bridgehead atoms. The summed E-state index contributed by atoms with van der Waals surface area (Å²) in [5.41, 5.74) is 2.51. The summed E-state index contributed by atoms with van der Waals surface area (Å²) in [5.74, 6) is 1.15. The minimum Gasteiger partial charge on any atom is -0.481 e. The number of aryl methyl sites for hydroxylation is 1. The molecule has 0 spiro atoms. The molecule has 1 unspecified atom stereocenters. The summed E-state index contributed by atoms with van der Waals surface area (Å²) < 4.78 is 5.72. The van der Waals surface area contributed by atoms with E-state index >= 15 is 0 Å². The quantitative estimate of drug-likeness (QED) is 0.724. The van der Waals surface area contributed by atoms with E-state index in [-0.39, 0.29) is 5.91 Å². The Labute approximate surface area is 128 Å². The van der Waals surface area contributed by atoms with E-state index in [2.05, 4.69) is 37.5 Å². The molecule has 0 aliphatic rings. The normalized spacial score (nSPS) is 12.3. The molecule has 1 rings (SSSR count). The smallest absolute Gasteiger partial charge is 0.260 e. The fourth-order valence-corrected chi connectivity index (χ4v) is 2.22. The molecule has 1 aromatic rings. The van der Waals surface area contributed by atoms with Crippen LogP contribution in [0.3, 0.4) is 0 Å². The second kappa shape index (κ2) is 8.67. The Balaban J connectivity index is 2.52. The van der Waals surface area contributed by atoms with Gasteiger partial charge < -0.3 is 15.4 Å². The summed E-state index contributed by atoms with van der Waals surface area (Å²) in [4.78, 5) is 11.9. The van der Waals surface area contributed by atoms with Crippen LogP contribution in [0.5, 0.6) is 5.75 Å². The molecule has 0 aliphatic heterocycles. The molecule has 0 aliphatic carbocycles. The number of carbonyl (C=O) groups is 1. The van der Waals surface area contributed by atoms with Crippen LogP contribution >= 0.6 is 0 Å². The molecule has 0 heterocycles. The van der Waals surface area contributed by atoms with Crippen LogP contribution < -0.4 is 15.4 Å². The molecule has 0 fully saturated rings. The number of nitrogens with one attached hydrogen (secondary N) is 2. The molecule has 0 saturated heterocycles. The van der Waals surface area contributed by atoms with Gasteiger partial charge in [0.15, 0.2) is 6.10 Å². The van der Waals surface area contributed by atoms with E-state index in [1.807, 2.05) is 19.1 Å². The van der Waals surface area contributed by atoms with E-state index in [1.165, 1.54) is 11.1 Å². The van der Waals surface area contributed by atoms with Gasteiger partial charge in [0.1, 0.15) is 5.75 Å². The number of ether oxygens (including phenoxy) is 1. The van der Waals surface area contributed by atoms with Gasteiger partial charge >= 0.3 is 0 Å². The van der Waals surface area contributed by atoms with E-state index in [9.17, 15) is 4.79 Å². The highest BCUT2D eigenvalue weighted by Gasteiger charge is 2.14. The van der Waals surface area contributed by atoms with Crippen LogP contribution in [0.2, 0.25) is 0 Å². The van der Waals surface area contributed by atoms with Gasteiger partial charge in [-0.3, -0.25) is 4.79 Å². The average molecular weight is 292 g/mol. The predicted octanol–water partition coefficient (Wildman–Crippen LogP) is 2.61. The van der Waals surface area contributed by atoms with Crippen molar-refractivity contribution in [1.82, 2.24) is 10.6 Å². The van der Waals surface area contributed by atoms with Gasteiger partial charge in [-0.25, -0.2) is 0 Å². The average Bonchev–Trinajstić information content (AvgIpc) is 2.43. The number of carbonyl (C=O) groups excluding carboxylic acids is 1. The lowest BCUT2D eigenvalue weighted by Crippen LogP contribution is -2.39. The second-order valence-electron chi connectivity index (χ2n) is 5.58. The van der Waals surface area contributed by atoms with Gasteiger partial charge in [0.25, 0.3) is 5.91 Å². The summed E-state index contributed by atoms with van der Waals surface area (Å²) in [6, 6.07) is 6.01. The van der Waals surface area contributed by atoms with Gasteiger partial charge in [-0.15, -0.1) is 0 Å². The van der Waals surface area contributed by atoms with Crippen LogP contribution in [0, 0.1) is 6.92 Å². The maximum Gasteiger partial charge on any atom is 0.260 e. The molecule has 4 nitrogen and oxygen atoms in total. The Morgan fingerprint density at radius 2 is 1.95 bits per heavy atom. The lowest BCUT2D eigenvalue weighted by molar-refractivity contribution is -0.127. The summed E-state index contributed by atoms with van der Waals surface area (Å²) in [6.07, 6.45) is -0.490. The molecule has 0 aromatic heterocycles. The predicted molar refractivity (Wildman–Crippen MR) is 86.9 cm³/mol. The van der Waals surface area contributed by atoms with Crippen molar-refractivity contribution in [3.8, 4) is 5.75 Å². The van der Waals surface area contributed by atoms with E-state index in [0.29, 0.717) is 12.5 Å². The highest BCUT2D eigenvalue weighted by atomic mass is 16.5. The maximum absolute atomic E-state index is 11.9. The molecule has 1 aromatic carbocycles. The standard InChI is InChI=1S/C17H28N2O2/c1-6-18-9-10-19-17(20)14(5)21-15-7-8-16(12(2)3)13(4)11-15/h7-8,11-12,14,18H,6,9-10H2,1-5H3,(H,19,20). The van der Waals surface area contributed by atoms with Crippen molar-refractivity contribution in [1.29, 1.82) is 0 Å². The van der Waals surface area contributed by atoms with Gasteiger partial charge in [0.2, 0.25) is 0 Å². The van der Waals surface area contributed by atoms with Crippen molar-refractivity contribution >= 4 is 5.91 Å². The third kappa shape index (κ3) is 5.76. The number of benzene rings is 1. The molecule has 2 N–H and O–H groups in total. The van der Waals surface area contributed by atoms with Gasteiger partial charge in [-0.2, -0.15) is 0 Å². The Morgan fingerprint density at radius 3 is 2.52 bits per heavy atom. The van der Waals surface area contributed by atoms with Gasteiger partial charge in [0.05, 0.1) is 0 Å². The SMILES string of the molecule is CCNCCNC(=O)C(C)Oc1ccc(C(C)C)c(C)c1. The molecule has 0 radical (unpaired) electrons. The summed E-state index contributed by atoms with van der Waals surface area (Å²) >= 11 is 0. The van der Waals surface area contributed by atoms with Crippen LogP contribution in [0.1, 0.15) is 44.7 Å². The fourth-order valence-electron chi connectivity index (χ4n) is 2.22. The lowest BCUT2D eigenvalue weighted by Gasteiger charge is -2.17. The summed E-state index contributed by atoms with van der Waals surface area (Å²) in [5, 5.41) is 6.02. The number of rotatable bonds is 8. The first kappa shape index (κ1) is 17.5. The Kier molecular flexibility index (Phi) is 7.23. The molecule has 0 saturated carbocycles. The van der Waals surface area contributed by atoms with Crippen LogP contribution in [0.25, 0.3) is 0 Å². The Bertz CT molecular complexity index is 458. The summed E-state index contributed by atoms with van der Waals surface area (Å²) in [7, 11) is 0. The number of likely N-dealkylation sites (N-methyl/N-ethyl adjacent to an activating group) is 1. The molecule has 1 atom stereocenters. The first-order valence-electron chi connectivity index (χ1n) is 7.71. The third-order valence-corrected chi connectivity index (χ3v) is 3.40. The zero-order valence-corrected chi connectivity index (χ0v) is 13.8. The van der Waals surface area contributed by atoms with E-state index in [0.717, 1.165) is 18.8 Å². The zero-order chi connectivity index (χ0) is 15.8. The van der Waals surface area contributed by atoms with Gasteiger partial charge in [-0.1, -0.05) is 26.8 Å². The van der Waals surface area contributed by atoms with Crippen molar-refractivity contribution in [2.75, 3.05) is 19.6 Å². The number of amides is 1. The zero-order valence-electron chi connectivity index (χ0n) is 13.8.